The molecule has 0 radical (unpaired) electrons. The van der Waals surface area contributed by atoms with Crippen LogP contribution in [0.15, 0.2) is 6.33 Å². The van der Waals surface area contributed by atoms with Gasteiger partial charge in [-0.1, -0.05) is 13.8 Å². The van der Waals surface area contributed by atoms with E-state index in [1.54, 1.807) is 0 Å². The Bertz CT molecular complexity index is 338. The first-order chi connectivity index (χ1) is 7.30. The first-order valence-corrected chi connectivity index (χ1v) is 5.30. The topological polar surface area (TPSA) is 50.9 Å². The fraction of sp³-hybridized carbons (Fsp3) is 0.778. The van der Waals surface area contributed by atoms with Crippen LogP contribution in [0.2, 0.25) is 0 Å². The molecule has 1 aromatic heterocycles. The van der Waals surface area contributed by atoms with Gasteiger partial charge in [0.05, 0.1) is 0 Å². The molecule has 1 aromatic rings. The summed E-state index contributed by atoms with van der Waals surface area (Å²) in [5, 5.41) is 9.41. The maximum atomic E-state index is 12.6. The molecule has 0 amide bonds. The van der Waals surface area contributed by atoms with E-state index in [1.807, 2.05) is 13.8 Å². The van der Waals surface area contributed by atoms with Crippen LogP contribution < -0.4 is 0 Å². The van der Waals surface area contributed by atoms with Crippen molar-refractivity contribution in [2.45, 2.75) is 38.3 Å². The van der Waals surface area contributed by atoms with Gasteiger partial charge >= 0.3 is 5.38 Å². The summed E-state index contributed by atoms with van der Waals surface area (Å²) >= 11 is 4.72. The van der Waals surface area contributed by atoms with Gasteiger partial charge in [-0.2, -0.15) is 13.9 Å². The van der Waals surface area contributed by atoms with Crippen LogP contribution in [0.5, 0.6) is 0 Å². The quantitative estimate of drug-likeness (QED) is 0.812. The molecule has 1 N–H and O–H groups in total. The van der Waals surface area contributed by atoms with Crippen LogP contribution >= 0.6 is 11.6 Å². The molecule has 0 saturated carbocycles. The average molecular weight is 254 g/mol. The second kappa shape index (κ2) is 5.05. The van der Waals surface area contributed by atoms with E-state index in [9.17, 15) is 8.78 Å². The lowest BCUT2D eigenvalue weighted by atomic mass is 10.2. The van der Waals surface area contributed by atoms with Gasteiger partial charge in [0.1, 0.15) is 18.3 Å². The van der Waals surface area contributed by atoms with Gasteiger partial charge in [-0.3, -0.25) is 0 Å². The van der Waals surface area contributed by atoms with Gasteiger partial charge in [0, 0.05) is 13.0 Å². The highest BCUT2D eigenvalue weighted by molar-refractivity contribution is 6.22. The number of alkyl halides is 3. The lowest BCUT2D eigenvalue weighted by molar-refractivity contribution is -0.0411. The fourth-order valence-electron chi connectivity index (χ4n) is 1.23. The molecule has 0 bridgehead atoms. The lowest BCUT2D eigenvalue weighted by Crippen LogP contribution is -2.31. The zero-order valence-electron chi connectivity index (χ0n) is 9.07. The van der Waals surface area contributed by atoms with Crippen LogP contribution in [0.1, 0.15) is 19.7 Å². The van der Waals surface area contributed by atoms with Gasteiger partial charge in [0.2, 0.25) is 0 Å². The van der Waals surface area contributed by atoms with E-state index in [0.29, 0.717) is 18.3 Å². The maximum absolute atomic E-state index is 12.6. The highest BCUT2D eigenvalue weighted by Crippen LogP contribution is 2.25. The lowest BCUT2D eigenvalue weighted by Gasteiger charge is -2.16. The van der Waals surface area contributed by atoms with E-state index in [4.69, 9.17) is 16.7 Å². The Morgan fingerprint density at radius 3 is 2.69 bits per heavy atom. The molecule has 0 aliphatic rings. The van der Waals surface area contributed by atoms with Crippen LogP contribution in [0.4, 0.5) is 8.78 Å². The molecule has 16 heavy (non-hydrogen) atoms. The summed E-state index contributed by atoms with van der Waals surface area (Å²) in [5.74, 6) is 0.621. The summed E-state index contributed by atoms with van der Waals surface area (Å²) in [5.41, 5.74) is 0. The number of hydrogen-bond donors (Lipinski definition) is 1. The van der Waals surface area contributed by atoms with Crippen LogP contribution in [-0.2, 0) is 13.0 Å². The molecule has 1 unspecified atom stereocenters. The van der Waals surface area contributed by atoms with Gasteiger partial charge in [0.15, 0.2) is 0 Å². The molecule has 4 nitrogen and oxygen atoms in total. The minimum absolute atomic E-state index is 0.307. The monoisotopic (exact) mass is 253 g/mol. The summed E-state index contributed by atoms with van der Waals surface area (Å²) in [6.07, 6.45) is -0.996. The van der Waals surface area contributed by atoms with Crippen molar-refractivity contribution in [2.75, 3.05) is 0 Å². The third-order valence-electron chi connectivity index (χ3n) is 1.99. The van der Waals surface area contributed by atoms with Crippen LogP contribution in [0.25, 0.3) is 0 Å². The van der Waals surface area contributed by atoms with Crippen LogP contribution in [0, 0.1) is 5.92 Å². The SMILES string of the molecule is CC(C)Cn1ncnc1CC(O)C(F)(F)Cl. The standard InChI is InChI=1S/C9H14ClF2N3O/c1-6(2)4-15-8(13-5-14-15)3-7(16)9(10,11)12/h5-7,16H,3-4H2,1-2H3. The van der Waals surface area contributed by atoms with Gasteiger partial charge < -0.3 is 5.11 Å². The smallest absolute Gasteiger partial charge is 0.347 e. The van der Waals surface area contributed by atoms with E-state index in [2.05, 4.69) is 10.1 Å². The third kappa shape index (κ3) is 3.68. The molecule has 0 saturated heterocycles. The minimum Gasteiger partial charge on any atom is -0.385 e. The first kappa shape index (κ1) is 13.3. The second-order valence-electron chi connectivity index (χ2n) is 4.01. The molecule has 1 atom stereocenters. The Balaban J connectivity index is 2.70. The normalized spacial score (nSPS) is 14.4. The summed E-state index contributed by atoms with van der Waals surface area (Å²) < 4.78 is 26.6. The fourth-order valence-corrected chi connectivity index (χ4v) is 1.31. The van der Waals surface area contributed by atoms with Crippen molar-refractivity contribution in [1.29, 1.82) is 0 Å². The molecule has 0 aliphatic carbocycles. The molecule has 0 spiro atoms. The Hall–Kier alpha value is -0.750. The Labute approximate surface area is 97.2 Å². The number of aliphatic hydroxyl groups excluding tert-OH is 1. The van der Waals surface area contributed by atoms with Crippen molar-refractivity contribution >= 4 is 11.6 Å². The Morgan fingerprint density at radius 1 is 1.56 bits per heavy atom. The van der Waals surface area contributed by atoms with Crippen molar-refractivity contribution in [3.8, 4) is 0 Å². The van der Waals surface area contributed by atoms with Gasteiger partial charge in [-0.25, -0.2) is 9.67 Å². The molecular formula is C9H14ClF2N3O. The Morgan fingerprint density at radius 2 is 2.19 bits per heavy atom. The van der Waals surface area contributed by atoms with Crippen molar-refractivity contribution in [3.63, 3.8) is 0 Å². The molecule has 0 fully saturated rings. The van der Waals surface area contributed by atoms with Gasteiger partial charge in [0.25, 0.3) is 0 Å². The van der Waals surface area contributed by atoms with Gasteiger partial charge in [-0.15, -0.1) is 0 Å². The number of halogens is 3. The number of aliphatic hydroxyl groups is 1. The minimum atomic E-state index is -3.64. The van der Waals surface area contributed by atoms with E-state index in [-0.39, 0.29) is 6.42 Å². The molecular weight excluding hydrogens is 240 g/mol. The summed E-state index contributed by atoms with van der Waals surface area (Å²) in [6, 6.07) is 0. The molecule has 1 rings (SSSR count). The maximum Gasteiger partial charge on any atom is 0.347 e. The zero-order valence-corrected chi connectivity index (χ0v) is 9.82. The Kier molecular flexibility index (Phi) is 4.21. The average Bonchev–Trinajstić information content (AvgIpc) is 2.50. The van der Waals surface area contributed by atoms with Crippen molar-refractivity contribution < 1.29 is 13.9 Å². The first-order valence-electron chi connectivity index (χ1n) is 4.92. The number of nitrogens with zero attached hydrogens (tertiary/aromatic N) is 3. The van der Waals surface area contributed by atoms with Crippen molar-refractivity contribution in [1.82, 2.24) is 14.8 Å². The number of aromatic nitrogens is 3. The number of hydrogen-bond acceptors (Lipinski definition) is 3. The molecule has 92 valence electrons. The molecule has 0 aliphatic heterocycles. The highest BCUT2D eigenvalue weighted by Gasteiger charge is 2.36. The summed E-state index contributed by atoms with van der Waals surface area (Å²) in [6.45, 7) is 4.51. The highest BCUT2D eigenvalue weighted by atomic mass is 35.5. The van der Waals surface area contributed by atoms with E-state index < -0.39 is 11.5 Å². The molecule has 7 heteroatoms. The van der Waals surface area contributed by atoms with E-state index in [1.165, 1.54) is 11.0 Å². The summed E-state index contributed by atoms with van der Waals surface area (Å²) in [4.78, 5) is 3.82. The molecule has 1 heterocycles. The second-order valence-corrected chi connectivity index (χ2v) is 4.52. The van der Waals surface area contributed by atoms with Crippen LogP contribution in [-0.4, -0.2) is 31.4 Å². The van der Waals surface area contributed by atoms with Crippen molar-refractivity contribution in [2.24, 2.45) is 5.92 Å². The largest absolute Gasteiger partial charge is 0.385 e. The third-order valence-corrected chi connectivity index (χ3v) is 2.24. The van der Waals surface area contributed by atoms with E-state index in [0.717, 1.165) is 0 Å². The zero-order chi connectivity index (χ0) is 12.3. The molecule has 0 aromatic carbocycles. The van der Waals surface area contributed by atoms with Gasteiger partial charge in [-0.05, 0) is 17.5 Å². The van der Waals surface area contributed by atoms with Crippen LogP contribution in [0.3, 0.4) is 0 Å². The summed E-state index contributed by atoms with van der Waals surface area (Å²) in [7, 11) is 0. The van der Waals surface area contributed by atoms with E-state index >= 15 is 0 Å². The van der Waals surface area contributed by atoms with Crippen molar-refractivity contribution in [3.05, 3.63) is 12.2 Å². The predicted octanol–water partition coefficient (Wildman–Crippen LogP) is 1.67. The number of rotatable bonds is 5. The predicted molar refractivity (Wildman–Crippen MR) is 55.4 cm³/mol.